The van der Waals surface area contributed by atoms with Crippen molar-refractivity contribution in [1.82, 2.24) is 0 Å². The van der Waals surface area contributed by atoms with Gasteiger partial charge < -0.3 is 9.47 Å². The average Bonchev–Trinajstić information content (AvgIpc) is 2.09. The maximum Gasteiger partial charge on any atom is 0.160 e. The molecule has 1 rings (SSSR count). The van der Waals surface area contributed by atoms with E-state index in [1.807, 2.05) is 0 Å². The van der Waals surface area contributed by atoms with Crippen molar-refractivity contribution in [3.05, 3.63) is 0 Å². The number of methoxy groups -OCH3 is 1. The first kappa shape index (κ1) is 11.0. The fourth-order valence-corrected chi connectivity index (χ4v) is 2.05. The average molecular weight is 186 g/mol. The van der Waals surface area contributed by atoms with Crippen LogP contribution in [0.25, 0.3) is 0 Å². The Bertz CT molecular complexity index is 177. The van der Waals surface area contributed by atoms with Gasteiger partial charge in [-0.15, -0.1) is 0 Å². The van der Waals surface area contributed by atoms with Crippen LogP contribution in [-0.2, 0) is 9.47 Å². The largest absolute Gasteiger partial charge is 0.356 e. The second-order valence-electron chi connectivity index (χ2n) is 4.85. The Labute approximate surface area is 81.6 Å². The van der Waals surface area contributed by atoms with Gasteiger partial charge in [-0.25, -0.2) is 0 Å². The van der Waals surface area contributed by atoms with Gasteiger partial charge in [0.25, 0.3) is 0 Å². The minimum Gasteiger partial charge on any atom is -0.356 e. The zero-order valence-corrected chi connectivity index (χ0v) is 9.63. The summed E-state index contributed by atoms with van der Waals surface area (Å²) in [5.41, 5.74) is 0.244. The molecule has 0 saturated carbocycles. The van der Waals surface area contributed by atoms with Crippen molar-refractivity contribution >= 4 is 0 Å². The zero-order valence-electron chi connectivity index (χ0n) is 9.63. The SMILES string of the molecule is COC1OC(C)C(C)(C)C(C)C1C. The van der Waals surface area contributed by atoms with E-state index < -0.39 is 0 Å². The minimum absolute atomic E-state index is 0.0296. The molecule has 2 nitrogen and oxygen atoms in total. The maximum absolute atomic E-state index is 5.81. The van der Waals surface area contributed by atoms with E-state index in [9.17, 15) is 0 Å². The van der Waals surface area contributed by atoms with Gasteiger partial charge in [0.15, 0.2) is 6.29 Å². The first-order valence-electron chi connectivity index (χ1n) is 5.09. The predicted octanol–water partition coefficient (Wildman–Crippen LogP) is 2.68. The standard InChI is InChI=1S/C11H22O2/c1-7-8(2)11(4,5)9(3)13-10(7)12-6/h7-10H,1-6H3. The van der Waals surface area contributed by atoms with E-state index in [1.54, 1.807) is 7.11 Å². The molecule has 78 valence electrons. The molecule has 0 aliphatic carbocycles. The van der Waals surface area contributed by atoms with Crippen LogP contribution in [0.5, 0.6) is 0 Å². The van der Waals surface area contributed by atoms with E-state index in [0.717, 1.165) is 0 Å². The summed E-state index contributed by atoms with van der Waals surface area (Å²) in [5, 5.41) is 0. The van der Waals surface area contributed by atoms with Gasteiger partial charge >= 0.3 is 0 Å². The van der Waals surface area contributed by atoms with Gasteiger partial charge in [0.05, 0.1) is 6.10 Å². The highest BCUT2D eigenvalue weighted by Gasteiger charge is 2.44. The van der Waals surface area contributed by atoms with E-state index in [0.29, 0.717) is 11.8 Å². The number of hydrogen-bond donors (Lipinski definition) is 0. The van der Waals surface area contributed by atoms with Crippen LogP contribution in [0.2, 0.25) is 0 Å². The van der Waals surface area contributed by atoms with Crippen molar-refractivity contribution in [1.29, 1.82) is 0 Å². The molecule has 1 saturated heterocycles. The molecule has 1 heterocycles. The summed E-state index contributed by atoms with van der Waals surface area (Å²) in [6, 6.07) is 0. The molecule has 0 radical (unpaired) electrons. The lowest BCUT2D eigenvalue weighted by molar-refractivity contribution is -0.255. The third-order valence-corrected chi connectivity index (χ3v) is 4.01. The van der Waals surface area contributed by atoms with Crippen molar-refractivity contribution in [3.8, 4) is 0 Å². The lowest BCUT2D eigenvalue weighted by Gasteiger charge is -2.48. The van der Waals surface area contributed by atoms with E-state index >= 15 is 0 Å². The monoisotopic (exact) mass is 186 g/mol. The second kappa shape index (κ2) is 3.58. The van der Waals surface area contributed by atoms with Gasteiger partial charge in [-0.2, -0.15) is 0 Å². The molecule has 4 unspecified atom stereocenters. The Balaban J connectivity index is 2.79. The lowest BCUT2D eigenvalue weighted by atomic mass is 9.68. The smallest absolute Gasteiger partial charge is 0.160 e. The predicted molar refractivity (Wildman–Crippen MR) is 53.5 cm³/mol. The van der Waals surface area contributed by atoms with Crippen molar-refractivity contribution in [2.24, 2.45) is 17.3 Å². The summed E-state index contributed by atoms with van der Waals surface area (Å²) in [6.45, 7) is 11.2. The molecule has 0 N–H and O–H groups in total. The quantitative estimate of drug-likeness (QED) is 0.627. The number of hydrogen-bond acceptors (Lipinski definition) is 2. The lowest BCUT2D eigenvalue weighted by Crippen LogP contribution is -2.50. The highest BCUT2D eigenvalue weighted by molar-refractivity contribution is 4.89. The Hall–Kier alpha value is -0.0800. The molecule has 1 aliphatic heterocycles. The molecule has 0 aromatic carbocycles. The molecule has 1 aliphatic rings. The normalized spacial score (nSPS) is 44.8. The molecule has 0 aromatic rings. The van der Waals surface area contributed by atoms with Gasteiger partial charge in [-0.1, -0.05) is 27.7 Å². The molecular weight excluding hydrogens is 164 g/mol. The zero-order chi connectivity index (χ0) is 10.2. The summed E-state index contributed by atoms with van der Waals surface area (Å²) in [5.74, 6) is 1.09. The van der Waals surface area contributed by atoms with Gasteiger partial charge in [-0.05, 0) is 18.3 Å². The summed E-state index contributed by atoms with van der Waals surface area (Å²) in [4.78, 5) is 0. The third-order valence-electron chi connectivity index (χ3n) is 4.01. The molecule has 0 aromatic heterocycles. The summed E-state index contributed by atoms with van der Waals surface area (Å²) in [7, 11) is 1.72. The Kier molecular flexibility index (Phi) is 3.03. The highest BCUT2D eigenvalue weighted by atomic mass is 16.7. The molecule has 0 amide bonds. The first-order chi connectivity index (χ1) is 5.91. The van der Waals surface area contributed by atoms with Gasteiger partial charge in [0, 0.05) is 13.0 Å². The van der Waals surface area contributed by atoms with Crippen molar-refractivity contribution in [2.75, 3.05) is 7.11 Å². The highest BCUT2D eigenvalue weighted by Crippen LogP contribution is 2.43. The number of rotatable bonds is 1. The van der Waals surface area contributed by atoms with Crippen LogP contribution in [0.1, 0.15) is 34.6 Å². The van der Waals surface area contributed by atoms with Crippen LogP contribution >= 0.6 is 0 Å². The number of ether oxygens (including phenoxy) is 2. The molecule has 0 bridgehead atoms. The molecule has 2 heteroatoms. The summed E-state index contributed by atoms with van der Waals surface area (Å²) >= 11 is 0. The van der Waals surface area contributed by atoms with Crippen LogP contribution < -0.4 is 0 Å². The van der Waals surface area contributed by atoms with Crippen LogP contribution in [-0.4, -0.2) is 19.5 Å². The fourth-order valence-electron chi connectivity index (χ4n) is 2.05. The topological polar surface area (TPSA) is 18.5 Å². The van der Waals surface area contributed by atoms with E-state index in [2.05, 4.69) is 34.6 Å². The van der Waals surface area contributed by atoms with Crippen molar-refractivity contribution in [3.63, 3.8) is 0 Å². The van der Waals surface area contributed by atoms with Crippen molar-refractivity contribution < 1.29 is 9.47 Å². The van der Waals surface area contributed by atoms with Gasteiger partial charge in [-0.3, -0.25) is 0 Å². The van der Waals surface area contributed by atoms with Crippen molar-refractivity contribution in [2.45, 2.75) is 47.0 Å². The minimum atomic E-state index is -0.0296. The van der Waals surface area contributed by atoms with Crippen LogP contribution in [0.15, 0.2) is 0 Å². The van der Waals surface area contributed by atoms with Gasteiger partial charge in [0.2, 0.25) is 0 Å². The summed E-state index contributed by atoms with van der Waals surface area (Å²) < 4.78 is 11.1. The van der Waals surface area contributed by atoms with E-state index in [-0.39, 0.29) is 17.8 Å². The third kappa shape index (κ3) is 1.75. The van der Waals surface area contributed by atoms with Crippen LogP contribution in [0.4, 0.5) is 0 Å². The first-order valence-corrected chi connectivity index (χ1v) is 5.09. The Morgan fingerprint density at radius 3 is 2.15 bits per heavy atom. The van der Waals surface area contributed by atoms with E-state index in [4.69, 9.17) is 9.47 Å². The van der Waals surface area contributed by atoms with E-state index in [1.165, 1.54) is 0 Å². The van der Waals surface area contributed by atoms with Crippen LogP contribution in [0.3, 0.4) is 0 Å². The molecule has 13 heavy (non-hydrogen) atoms. The molecular formula is C11H22O2. The van der Waals surface area contributed by atoms with Gasteiger partial charge in [0.1, 0.15) is 0 Å². The molecule has 1 fully saturated rings. The molecule has 0 spiro atoms. The van der Waals surface area contributed by atoms with Crippen LogP contribution in [0, 0.1) is 17.3 Å². The Morgan fingerprint density at radius 2 is 1.69 bits per heavy atom. The Morgan fingerprint density at radius 1 is 1.15 bits per heavy atom. The molecule has 4 atom stereocenters. The summed E-state index contributed by atoms with van der Waals surface area (Å²) in [6.07, 6.45) is 0.238. The fraction of sp³-hybridized carbons (Fsp3) is 1.00. The maximum atomic E-state index is 5.81. The second-order valence-corrected chi connectivity index (χ2v) is 4.85.